The number of esters is 1. The van der Waals surface area contributed by atoms with E-state index in [-0.39, 0.29) is 5.97 Å². The molecule has 4 heteroatoms. The molecule has 0 spiro atoms. The van der Waals surface area contributed by atoms with Gasteiger partial charge in [-0.15, -0.1) is 0 Å². The van der Waals surface area contributed by atoms with E-state index in [0.29, 0.717) is 6.04 Å². The second-order valence-corrected chi connectivity index (χ2v) is 3.65. The normalized spacial score (nSPS) is 11.9. The summed E-state index contributed by atoms with van der Waals surface area (Å²) in [4.78, 5) is 11.0. The molecular formula is C11H16N2O2. The highest BCUT2D eigenvalue weighted by Gasteiger charge is 2.04. The van der Waals surface area contributed by atoms with Crippen molar-refractivity contribution in [3.05, 3.63) is 24.0 Å². The number of rotatable bonds is 3. The molecule has 0 aromatic carbocycles. The first-order valence-corrected chi connectivity index (χ1v) is 4.85. The standard InChI is InChI=1S/C11H16N2O2/c1-8(2)13-7-10(6-12-13)9(3)5-11(14)15-4/h5-8H,1-4H3/b9-5+. The average molecular weight is 208 g/mol. The van der Waals surface area contributed by atoms with Crippen LogP contribution in [0.2, 0.25) is 0 Å². The number of hydrogen-bond acceptors (Lipinski definition) is 3. The number of nitrogens with zero attached hydrogens (tertiary/aromatic N) is 2. The van der Waals surface area contributed by atoms with Gasteiger partial charge >= 0.3 is 5.97 Å². The van der Waals surface area contributed by atoms with Crippen LogP contribution >= 0.6 is 0 Å². The number of hydrogen-bond donors (Lipinski definition) is 0. The molecule has 0 aliphatic rings. The van der Waals surface area contributed by atoms with Crippen molar-refractivity contribution in [3.63, 3.8) is 0 Å². The van der Waals surface area contributed by atoms with E-state index in [1.165, 1.54) is 13.2 Å². The van der Waals surface area contributed by atoms with Gasteiger partial charge in [-0.05, 0) is 26.3 Å². The van der Waals surface area contributed by atoms with Gasteiger partial charge in [-0.1, -0.05) is 0 Å². The Bertz CT molecular complexity index is 378. The lowest BCUT2D eigenvalue weighted by Crippen LogP contribution is -2.00. The summed E-state index contributed by atoms with van der Waals surface area (Å²) in [5.74, 6) is -0.343. The topological polar surface area (TPSA) is 44.1 Å². The Morgan fingerprint density at radius 2 is 2.27 bits per heavy atom. The Kier molecular flexibility index (Phi) is 3.66. The van der Waals surface area contributed by atoms with Crippen molar-refractivity contribution in [1.82, 2.24) is 9.78 Å². The maximum Gasteiger partial charge on any atom is 0.330 e. The lowest BCUT2D eigenvalue weighted by atomic mass is 10.1. The average Bonchev–Trinajstić information content (AvgIpc) is 2.66. The molecule has 82 valence electrons. The molecule has 0 fully saturated rings. The Hall–Kier alpha value is -1.58. The summed E-state index contributed by atoms with van der Waals surface area (Å²) in [6.45, 7) is 5.96. The van der Waals surface area contributed by atoms with Gasteiger partial charge in [0.15, 0.2) is 0 Å². The summed E-state index contributed by atoms with van der Waals surface area (Å²) < 4.78 is 6.41. The molecule has 0 aliphatic heterocycles. The lowest BCUT2D eigenvalue weighted by molar-refractivity contribution is -0.134. The molecule has 1 rings (SSSR count). The van der Waals surface area contributed by atoms with Crippen LogP contribution in [0.4, 0.5) is 0 Å². The number of allylic oxidation sites excluding steroid dienone is 1. The van der Waals surface area contributed by atoms with Gasteiger partial charge in [0.25, 0.3) is 0 Å². The predicted octanol–water partition coefficient (Wildman–Crippen LogP) is 2.04. The SMILES string of the molecule is COC(=O)/C=C(\C)c1cnn(C(C)C)c1. The van der Waals surface area contributed by atoms with Crippen molar-refractivity contribution in [3.8, 4) is 0 Å². The van der Waals surface area contributed by atoms with Gasteiger partial charge in [0.05, 0.1) is 13.3 Å². The van der Waals surface area contributed by atoms with Gasteiger partial charge in [0.1, 0.15) is 0 Å². The maximum absolute atomic E-state index is 11.0. The van der Waals surface area contributed by atoms with E-state index in [1.54, 1.807) is 6.20 Å². The van der Waals surface area contributed by atoms with Gasteiger partial charge in [-0.3, -0.25) is 4.68 Å². The molecule has 0 bridgehead atoms. The molecule has 4 nitrogen and oxygen atoms in total. The molecule has 0 radical (unpaired) electrons. The quantitative estimate of drug-likeness (QED) is 0.564. The highest BCUT2D eigenvalue weighted by Crippen LogP contribution is 2.14. The van der Waals surface area contributed by atoms with Gasteiger partial charge in [0, 0.05) is 23.9 Å². The molecule has 0 atom stereocenters. The van der Waals surface area contributed by atoms with Crippen molar-refractivity contribution in [1.29, 1.82) is 0 Å². The molecule has 0 unspecified atom stereocenters. The van der Waals surface area contributed by atoms with Crippen LogP contribution in [0.15, 0.2) is 18.5 Å². The van der Waals surface area contributed by atoms with Gasteiger partial charge < -0.3 is 4.74 Å². The highest BCUT2D eigenvalue weighted by molar-refractivity contribution is 5.90. The van der Waals surface area contributed by atoms with E-state index in [4.69, 9.17) is 0 Å². The van der Waals surface area contributed by atoms with Crippen LogP contribution in [0.5, 0.6) is 0 Å². The fourth-order valence-electron chi connectivity index (χ4n) is 1.14. The lowest BCUT2D eigenvalue weighted by Gasteiger charge is -2.03. The van der Waals surface area contributed by atoms with Gasteiger partial charge in [-0.2, -0.15) is 5.10 Å². The number of ether oxygens (including phenoxy) is 1. The van der Waals surface area contributed by atoms with Gasteiger partial charge in [0.2, 0.25) is 0 Å². The summed E-state index contributed by atoms with van der Waals surface area (Å²) in [7, 11) is 1.36. The maximum atomic E-state index is 11.0. The zero-order valence-electron chi connectivity index (χ0n) is 9.52. The van der Waals surface area contributed by atoms with E-state index in [9.17, 15) is 4.79 Å². The van der Waals surface area contributed by atoms with Crippen LogP contribution in [0, 0.1) is 0 Å². The fraction of sp³-hybridized carbons (Fsp3) is 0.455. The summed E-state index contributed by atoms with van der Waals surface area (Å²) >= 11 is 0. The molecule has 15 heavy (non-hydrogen) atoms. The van der Waals surface area contributed by atoms with E-state index >= 15 is 0 Å². The zero-order chi connectivity index (χ0) is 11.4. The predicted molar refractivity (Wildman–Crippen MR) is 58.3 cm³/mol. The second kappa shape index (κ2) is 4.77. The van der Waals surface area contributed by atoms with Crippen molar-refractivity contribution in [2.24, 2.45) is 0 Å². The second-order valence-electron chi connectivity index (χ2n) is 3.65. The minimum atomic E-state index is -0.343. The monoisotopic (exact) mass is 208 g/mol. The summed E-state index contributed by atoms with van der Waals surface area (Å²) in [6.07, 6.45) is 5.12. The van der Waals surface area contributed by atoms with Crippen LogP contribution in [0.3, 0.4) is 0 Å². The van der Waals surface area contributed by atoms with Crippen LogP contribution in [0.25, 0.3) is 5.57 Å². The van der Waals surface area contributed by atoms with Crippen LogP contribution < -0.4 is 0 Å². The number of carbonyl (C=O) groups excluding carboxylic acids is 1. The van der Waals surface area contributed by atoms with Crippen molar-refractivity contribution in [2.75, 3.05) is 7.11 Å². The number of methoxy groups -OCH3 is 1. The third kappa shape index (κ3) is 2.94. The smallest absolute Gasteiger partial charge is 0.330 e. The molecule has 0 saturated carbocycles. The summed E-state index contributed by atoms with van der Waals surface area (Å²) in [5.41, 5.74) is 1.79. The molecule has 1 aromatic heterocycles. The van der Waals surface area contributed by atoms with Crippen molar-refractivity contribution >= 4 is 11.5 Å². The van der Waals surface area contributed by atoms with Crippen molar-refractivity contribution in [2.45, 2.75) is 26.8 Å². The van der Waals surface area contributed by atoms with E-state index in [1.807, 2.05) is 17.8 Å². The first kappa shape index (κ1) is 11.5. The number of aromatic nitrogens is 2. The molecule has 0 saturated heterocycles. The van der Waals surface area contributed by atoms with Crippen molar-refractivity contribution < 1.29 is 9.53 Å². The molecule has 0 aliphatic carbocycles. The molecule has 0 amide bonds. The zero-order valence-corrected chi connectivity index (χ0v) is 9.52. The molecule has 0 N–H and O–H groups in total. The minimum absolute atomic E-state index is 0.324. The van der Waals surface area contributed by atoms with Crippen LogP contribution in [-0.2, 0) is 9.53 Å². The van der Waals surface area contributed by atoms with Gasteiger partial charge in [-0.25, -0.2) is 4.79 Å². The first-order chi connectivity index (χ1) is 7.04. The third-order valence-corrected chi connectivity index (χ3v) is 2.12. The van der Waals surface area contributed by atoms with E-state index in [2.05, 4.69) is 23.7 Å². The third-order valence-electron chi connectivity index (χ3n) is 2.12. The van der Waals surface area contributed by atoms with Crippen LogP contribution in [-0.4, -0.2) is 22.9 Å². The minimum Gasteiger partial charge on any atom is -0.466 e. The van der Waals surface area contributed by atoms with E-state index in [0.717, 1.165) is 11.1 Å². The Morgan fingerprint density at radius 3 is 2.73 bits per heavy atom. The Labute approximate surface area is 89.5 Å². The van der Waals surface area contributed by atoms with Crippen LogP contribution in [0.1, 0.15) is 32.4 Å². The first-order valence-electron chi connectivity index (χ1n) is 4.85. The molecular weight excluding hydrogens is 192 g/mol. The Balaban J connectivity index is 2.87. The largest absolute Gasteiger partial charge is 0.466 e. The summed E-state index contributed by atoms with van der Waals surface area (Å²) in [6, 6.07) is 0.324. The fourth-order valence-corrected chi connectivity index (χ4v) is 1.14. The number of carbonyl (C=O) groups is 1. The Morgan fingerprint density at radius 1 is 1.60 bits per heavy atom. The van der Waals surface area contributed by atoms with E-state index < -0.39 is 0 Å². The highest BCUT2D eigenvalue weighted by atomic mass is 16.5. The summed E-state index contributed by atoms with van der Waals surface area (Å²) in [5, 5.41) is 4.19. The molecule has 1 heterocycles. The molecule has 1 aromatic rings.